The van der Waals surface area contributed by atoms with Crippen LogP contribution in [0.2, 0.25) is 0 Å². The minimum absolute atomic E-state index is 0.166. The van der Waals surface area contributed by atoms with Gasteiger partial charge in [-0.25, -0.2) is 0 Å². The summed E-state index contributed by atoms with van der Waals surface area (Å²) in [6.45, 7) is 22.4. The normalized spacial score (nSPS) is 29.9. The maximum Gasteiger partial charge on any atom is 0.104 e. The van der Waals surface area contributed by atoms with E-state index in [1.165, 1.54) is 0 Å². The van der Waals surface area contributed by atoms with Gasteiger partial charge in [0.1, 0.15) is 36.6 Å². The van der Waals surface area contributed by atoms with Gasteiger partial charge in [0.2, 0.25) is 0 Å². The average Bonchev–Trinajstić information content (AvgIpc) is 4.10. The Morgan fingerprint density at radius 3 is 0.868 bits per heavy atom. The summed E-state index contributed by atoms with van der Waals surface area (Å²) in [5.74, 6) is 2.19. The van der Waals surface area contributed by atoms with E-state index in [0.717, 1.165) is 117 Å². The van der Waals surface area contributed by atoms with Crippen molar-refractivity contribution in [3.63, 3.8) is 0 Å². The van der Waals surface area contributed by atoms with E-state index in [-0.39, 0.29) is 49.8 Å². The van der Waals surface area contributed by atoms with Crippen LogP contribution in [0.3, 0.4) is 0 Å². The van der Waals surface area contributed by atoms with Gasteiger partial charge in [-0.15, -0.1) is 0 Å². The van der Waals surface area contributed by atoms with Crippen LogP contribution in [-0.2, 0) is 66.3 Å². The van der Waals surface area contributed by atoms with Gasteiger partial charge in [0.25, 0.3) is 0 Å². The molecule has 8 atom stereocenters. The highest BCUT2D eigenvalue weighted by atomic mass is 33.1. The van der Waals surface area contributed by atoms with E-state index in [9.17, 15) is 10.2 Å². The van der Waals surface area contributed by atoms with Crippen LogP contribution < -0.4 is 0 Å². The number of hydrogen-bond acceptors (Lipinski definition) is 22. The molecule has 20 nitrogen and oxygen atoms in total. The molecular weight excluding hydrogens is 929 g/mol. The van der Waals surface area contributed by atoms with Crippen LogP contribution in [0.4, 0.5) is 0 Å². The zero-order valence-electron chi connectivity index (χ0n) is 40.3. The van der Waals surface area contributed by atoms with E-state index in [0.29, 0.717) is 106 Å². The summed E-state index contributed by atoms with van der Waals surface area (Å²) in [4.78, 5) is 9.74. The molecule has 0 aromatic heterocycles. The van der Waals surface area contributed by atoms with E-state index in [1.54, 1.807) is 0 Å². The maximum atomic E-state index is 11.0. The van der Waals surface area contributed by atoms with E-state index < -0.39 is 23.0 Å². The third kappa shape index (κ3) is 22.6. The molecule has 22 heteroatoms. The summed E-state index contributed by atoms with van der Waals surface area (Å²) in [6.07, 6.45) is -0.181. The molecule has 0 radical (unpaired) electrons. The minimum atomic E-state index is -0.587. The van der Waals surface area contributed by atoms with Gasteiger partial charge >= 0.3 is 0 Å². The van der Waals surface area contributed by atoms with Crippen molar-refractivity contribution in [2.24, 2.45) is 10.8 Å². The van der Waals surface area contributed by atoms with Gasteiger partial charge in [-0.2, -0.15) is 0 Å². The third-order valence-electron chi connectivity index (χ3n) is 13.1. The van der Waals surface area contributed by atoms with Crippen molar-refractivity contribution >= 4 is 21.6 Å². The first-order chi connectivity index (χ1) is 33.4. The highest BCUT2D eigenvalue weighted by Crippen LogP contribution is 2.27. The Morgan fingerprint density at radius 2 is 0.618 bits per heavy atom. The number of β-amino-alcohol motifs (C(OH)–C–C–N with tert-alkyl or cyclic N) is 2. The molecule has 8 fully saturated rings. The Bertz CT molecular complexity index is 1180. The van der Waals surface area contributed by atoms with Gasteiger partial charge in [0, 0.05) is 90.0 Å². The predicted molar refractivity (Wildman–Crippen MR) is 253 cm³/mol. The second kappa shape index (κ2) is 29.1. The topological polar surface area (TPSA) is 202 Å². The van der Waals surface area contributed by atoms with Crippen molar-refractivity contribution in [2.75, 3.05) is 235 Å². The molecule has 2 N–H and O–H groups in total. The number of aliphatic hydroxyl groups excluding tert-OH is 2. The number of ether oxygens (including phenoxy) is 14. The monoisotopic (exact) mass is 1010 g/mol. The fraction of sp³-hybridized carbons (Fsp3) is 1.00. The maximum absolute atomic E-state index is 11.0. The van der Waals surface area contributed by atoms with E-state index in [2.05, 4.69) is 19.6 Å². The first kappa shape index (κ1) is 54.2. The van der Waals surface area contributed by atoms with Crippen molar-refractivity contribution in [1.29, 1.82) is 0 Å². The van der Waals surface area contributed by atoms with Gasteiger partial charge < -0.3 is 76.5 Å². The molecule has 8 rings (SSSR count). The van der Waals surface area contributed by atoms with Gasteiger partial charge in [-0.05, 0) is 0 Å². The minimum Gasteiger partial charge on any atom is -0.389 e. The van der Waals surface area contributed by atoms with Gasteiger partial charge in [-0.3, -0.25) is 19.6 Å². The molecular formula is C46H82N4O16S2. The van der Waals surface area contributed by atoms with Crippen molar-refractivity contribution < 1.29 is 76.5 Å². The summed E-state index contributed by atoms with van der Waals surface area (Å²) in [6, 6.07) is 0. The van der Waals surface area contributed by atoms with E-state index in [4.69, 9.17) is 66.3 Å². The summed E-state index contributed by atoms with van der Waals surface area (Å²) in [5.41, 5.74) is -1.03. The molecule has 0 saturated carbocycles. The Hall–Kier alpha value is -0.100. The highest BCUT2D eigenvalue weighted by Gasteiger charge is 2.38. The number of epoxide rings is 6. The number of nitrogens with zero attached hydrogens (tertiary/aromatic N) is 4. The fourth-order valence-corrected chi connectivity index (χ4v) is 10.3. The summed E-state index contributed by atoms with van der Waals surface area (Å²) >= 11 is 0. The Balaban J connectivity index is 0.634. The average molecular weight is 1010 g/mol. The fourth-order valence-electron chi connectivity index (χ4n) is 8.29. The summed E-state index contributed by atoms with van der Waals surface area (Å²) in [5, 5.41) is 22.0. The van der Waals surface area contributed by atoms with Crippen LogP contribution >= 0.6 is 21.6 Å². The van der Waals surface area contributed by atoms with Crippen molar-refractivity contribution in [3.8, 4) is 0 Å². The molecule has 0 spiro atoms. The third-order valence-corrected chi connectivity index (χ3v) is 15.4. The number of aliphatic hydroxyl groups is 2. The summed E-state index contributed by atoms with van der Waals surface area (Å²) in [7, 11) is 3.93. The molecule has 8 saturated heterocycles. The molecule has 7 unspecified atom stereocenters. The van der Waals surface area contributed by atoms with Crippen LogP contribution in [0, 0.1) is 10.8 Å². The molecule has 0 bridgehead atoms. The Kier molecular flexibility index (Phi) is 23.2. The second-order valence-electron chi connectivity index (χ2n) is 20.1. The van der Waals surface area contributed by atoms with Crippen LogP contribution in [-0.4, -0.2) is 314 Å². The van der Waals surface area contributed by atoms with Gasteiger partial charge in [-0.1, -0.05) is 21.6 Å². The number of hydrogen-bond donors (Lipinski definition) is 2. The van der Waals surface area contributed by atoms with E-state index >= 15 is 0 Å². The lowest BCUT2D eigenvalue weighted by molar-refractivity contribution is -0.118. The Labute approximate surface area is 411 Å². The van der Waals surface area contributed by atoms with Gasteiger partial charge in [0.05, 0.1) is 168 Å². The summed E-state index contributed by atoms with van der Waals surface area (Å²) < 4.78 is 80.8. The molecule has 8 heterocycles. The zero-order chi connectivity index (χ0) is 46.7. The molecule has 0 aliphatic carbocycles. The van der Waals surface area contributed by atoms with Crippen LogP contribution in [0.5, 0.6) is 0 Å². The van der Waals surface area contributed by atoms with Crippen molar-refractivity contribution in [1.82, 2.24) is 19.6 Å². The quantitative estimate of drug-likeness (QED) is 0.0420. The lowest BCUT2D eigenvalue weighted by Gasteiger charge is -2.36. The zero-order valence-corrected chi connectivity index (χ0v) is 41.9. The molecule has 0 aromatic carbocycles. The lowest BCUT2D eigenvalue weighted by atomic mass is 9.92. The number of rotatable bonds is 43. The Morgan fingerprint density at radius 1 is 0.382 bits per heavy atom. The van der Waals surface area contributed by atoms with Crippen LogP contribution in [0.15, 0.2) is 0 Å². The first-order valence-corrected chi connectivity index (χ1v) is 27.7. The van der Waals surface area contributed by atoms with Crippen molar-refractivity contribution in [2.45, 2.75) is 48.8 Å². The predicted octanol–water partition coefficient (Wildman–Crippen LogP) is -1.18. The second-order valence-corrected chi connectivity index (χ2v) is 22.8. The lowest BCUT2D eigenvalue weighted by Crippen LogP contribution is -2.49. The highest BCUT2D eigenvalue weighted by molar-refractivity contribution is 8.76. The van der Waals surface area contributed by atoms with Crippen LogP contribution in [0.1, 0.15) is 0 Å². The van der Waals surface area contributed by atoms with E-state index in [1.807, 2.05) is 21.6 Å². The first-order valence-electron chi connectivity index (χ1n) is 25.2. The van der Waals surface area contributed by atoms with Crippen LogP contribution in [0.25, 0.3) is 0 Å². The van der Waals surface area contributed by atoms with Crippen molar-refractivity contribution in [3.05, 3.63) is 0 Å². The largest absolute Gasteiger partial charge is 0.389 e. The molecule has 68 heavy (non-hydrogen) atoms. The van der Waals surface area contributed by atoms with Gasteiger partial charge in [0.15, 0.2) is 0 Å². The smallest absolute Gasteiger partial charge is 0.104 e. The molecule has 8 aliphatic rings. The molecule has 0 amide bonds. The standard InChI is InChI=1S/C46H82N4O16S2/c51-37(15-53-29-45(31-55-17-39-23-61-39,32-56-18-40-24-62-40)33-57-19-41-25-63-41)13-49-5-1-47(2-6-49)9-11-67-68-12-10-48-3-7-50(8-4-48)14-38(52)16-54-30-46(34-58-20-42-26-64-42,35-59-21-43-27-65-43)36-60-22-44-28-66-44/h37-44,51-52H,1-36H2/t37?,38?,39-,40?,41?,42?,43?,44?,45?,46?/m1/s1. The molecule has 0 aromatic rings. The molecule has 394 valence electrons. The molecule has 8 aliphatic heterocycles. The SMILES string of the molecule is OC(COCC(COCC1CO1)(COCC1CO1)COCC1CO1)CN1CCN(CCSSCCN2CCN(CC(O)COCC(COCC3CO3)(COCC3CO3)COC[C@@H]3CO3)CC2)CC1. The number of piperazine rings is 2.